The van der Waals surface area contributed by atoms with Crippen LogP contribution in [0.15, 0.2) is 73.4 Å². The fourth-order valence-electron chi connectivity index (χ4n) is 5.46. The molecule has 1 aliphatic carbocycles. The smallest absolute Gasteiger partial charge is 0.254 e. The van der Waals surface area contributed by atoms with Crippen LogP contribution in [0.3, 0.4) is 0 Å². The third-order valence-corrected chi connectivity index (χ3v) is 7.98. The summed E-state index contributed by atoms with van der Waals surface area (Å²) in [7, 11) is 1.81. The lowest BCUT2D eigenvalue weighted by Crippen LogP contribution is -2.35. The molecule has 1 amide bonds. The molecule has 1 fully saturated rings. The maximum Gasteiger partial charge on any atom is 0.254 e. The predicted octanol–water partition coefficient (Wildman–Crippen LogP) is 4.45. The minimum atomic E-state index is -0.215. The Morgan fingerprint density at radius 1 is 1.07 bits per heavy atom. The zero-order valence-electron chi connectivity index (χ0n) is 21.7. The standard InChI is InChI=1S/C29H25ClN8O2/c1-35-14-21-11-19(4-7-24(21)29(35)39)22-13-32-36(15-22)28(10-18-2-3-18)27-8-5-20(16-38(27)40)25-12-23(30)6-9-26(25)37-17-31-33-34-37/h4-9,11-13,15-18,28H,2-3,10,14H2,1H3. The first-order valence-electron chi connectivity index (χ1n) is 13.1. The average Bonchev–Trinajstić information content (AvgIpc) is 3.30. The van der Waals surface area contributed by atoms with Gasteiger partial charge in [0, 0.05) is 53.1 Å². The number of tetrazole rings is 1. The molecule has 10 nitrogen and oxygen atoms in total. The first-order valence-corrected chi connectivity index (χ1v) is 13.5. The Morgan fingerprint density at radius 3 is 2.70 bits per heavy atom. The van der Waals surface area contributed by atoms with Crippen molar-refractivity contribution in [1.29, 1.82) is 0 Å². The normalized spacial score (nSPS) is 15.4. The van der Waals surface area contributed by atoms with Gasteiger partial charge in [-0.15, -0.1) is 5.10 Å². The van der Waals surface area contributed by atoms with Crippen molar-refractivity contribution in [1.82, 2.24) is 34.9 Å². The Labute approximate surface area is 235 Å². The number of carbonyl (C=O) groups is 1. The van der Waals surface area contributed by atoms with Crippen LogP contribution >= 0.6 is 11.6 Å². The van der Waals surface area contributed by atoms with Crippen molar-refractivity contribution < 1.29 is 9.52 Å². The van der Waals surface area contributed by atoms with Gasteiger partial charge in [-0.05, 0) is 70.3 Å². The van der Waals surface area contributed by atoms with Crippen LogP contribution in [0.5, 0.6) is 0 Å². The van der Waals surface area contributed by atoms with Gasteiger partial charge in [-0.1, -0.05) is 30.5 Å². The molecule has 3 aromatic heterocycles. The van der Waals surface area contributed by atoms with Gasteiger partial charge in [-0.25, -0.2) is 0 Å². The molecule has 200 valence electrons. The van der Waals surface area contributed by atoms with Crippen molar-refractivity contribution in [3.05, 3.63) is 100 Å². The van der Waals surface area contributed by atoms with Crippen molar-refractivity contribution in [3.63, 3.8) is 0 Å². The van der Waals surface area contributed by atoms with Crippen molar-refractivity contribution in [2.45, 2.75) is 31.8 Å². The third-order valence-electron chi connectivity index (χ3n) is 7.75. The molecule has 1 unspecified atom stereocenters. The fraction of sp³-hybridized carbons (Fsp3) is 0.241. The molecule has 1 saturated carbocycles. The van der Waals surface area contributed by atoms with Gasteiger partial charge < -0.3 is 10.1 Å². The molecule has 7 rings (SSSR count). The fourth-order valence-corrected chi connectivity index (χ4v) is 5.63. The first kappa shape index (κ1) is 24.5. The Balaban J connectivity index is 1.23. The van der Waals surface area contributed by atoms with Gasteiger partial charge in [-0.3, -0.25) is 9.48 Å². The average molecular weight is 553 g/mol. The number of benzene rings is 2. The molecule has 11 heteroatoms. The van der Waals surface area contributed by atoms with Crippen LogP contribution in [0.4, 0.5) is 0 Å². The van der Waals surface area contributed by atoms with Crippen molar-refractivity contribution in [2.24, 2.45) is 5.92 Å². The molecule has 2 aliphatic rings. The summed E-state index contributed by atoms with van der Waals surface area (Å²) in [6.45, 7) is 0.602. The van der Waals surface area contributed by atoms with Gasteiger partial charge in [0.2, 0.25) is 5.69 Å². The van der Waals surface area contributed by atoms with Gasteiger partial charge in [0.25, 0.3) is 5.91 Å². The molecule has 0 radical (unpaired) electrons. The van der Waals surface area contributed by atoms with Gasteiger partial charge in [0.05, 0.1) is 11.9 Å². The Morgan fingerprint density at radius 2 is 1.93 bits per heavy atom. The summed E-state index contributed by atoms with van der Waals surface area (Å²) in [4.78, 5) is 14.0. The maximum atomic E-state index is 13.5. The molecule has 2 aromatic carbocycles. The van der Waals surface area contributed by atoms with Crippen LogP contribution in [0, 0.1) is 11.1 Å². The molecular formula is C29H25ClN8O2. The molecule has 0 saturated heterocycles. The second kappa shape index (κ2) is 9.56. The molecule has 40 heavy (non-hydrogen) atoms. The monoisotopic (exact) mass is 552 g/mol. The number of fused-ring (bicyclic) bond motifs is 1. The summed E-state index contributed by atoms with van der Waals surface area (Å²) in [6, 6.07) is 14.9. The van der Waals surface area contributed by atoms with Gasteiger partial charge >= 0.3 is 0 Å². The molecular weight excluding hydrogens is 528 g/mol. The van der Waals surface area contributed by atoms with Gasteiger partial charge in [-0.2, -0.15) is 14.5 Å². The topological polar surface area (TPSA) is 109 Å². The quantitative estimate of drug-likeness (QED) is 0.218. The minimum absolute atomic E-state index is 0.0491. The lowest BCUT2D eigenvalue weighted by atomic mass is 10.0. The zero-order chi connectivity index (χ0) is 27.4. The van der Waals surface area contributed by atoms with E-state index in [0.29, 0.717) is 28.7 Å². The van der Waals surface area contributed by atoms with Crippen LogP contribution in [0.25, 0.3) is 27.9 Å². The van der Waals surface area contributed by atoms with Gasteiger partial charge in [0.15, 0.2) is 6.20 Å². The molecule has 1 atom stereocenters. The van der Waals surface area contributed by atoms with E-state index >= 15 is 0 Å². The van der Waals surface area contributed by atoms with Gasteiger partial charge in [0.1, 0.15) is 12.4 Å². The molecule has 4 heterocycles. The summed E-state index contributed by atoms with van der Waals surface area (Å²) in [5.41, 5.74) is 6.51. The van der Waals surface area contributed by atoms with E-state index in [1.165, 1.54) is 6.33 Å². The lowest BCUT2D eigenvalue weighted by molar-refractivity contribution is -0.615. The molecule has 0 N–H and O–H groups in total. The zero-order valence-corrected chi connectivity index (χ0v) is 22.4. The second-order valence-corrected chi connectivity index (χ2v) is 11.0. The summed E-state index contributed by atoms with van der Waals surface area (Å²) in [5.74, 6) is 0.617. The van der Waals surface area contributed by atoms with Crippen LogP contribution in [-0.4, -0.2) is 47.8 Å². The van der Waals surface area contributed by atoms with Crippen molar-refractivity contribution >= 4 is 17.5 Å². The largest absolute Gasteiger partial charge is 0.618 e. The molecule has 0 spiro atoms. The van der Waals surface area contributed by atoms with Crippen molar-refractivity contribution in [3.8, 4) is 27.9 Å². The Kier molecular flexibility index (Phi) is 5.85. The van der Waals surface area contributed by atoms with E-state index in [9.17, 15) is 10.0 Å². The maximum absolute atomic E-state index is 13.5. The number of rotatable bonds is 7. The van der Waals surface area contributed by atoms with E-state index in [1.54, 1.807) is 27.9 Å². The van der Waals surface area contributed by atoms with E-state index in [-0.39, 0.29) is 11.9 Å². The highest BCUT2D eigenvalue weighted by molar-refractivity contribution is 6.31. The Hall–Kier alpha value is -4.57. The molecule has 1 aliphatic heterocycles. The minimum Gasteiger partial charge on any atom is -0.618 e. The predicted molar refractivity (Wildman–Crippen MR) is 148 cm³/mol. The number of hydrogen-bond donors (Lipinski definition) is 0. The van der Waals surface area contributed by atoms with Crippen LogP contribution in [-0.2, 0) is 6.54 Å². The number of pyridine rings is 1. The van der Waals surface area contributed by atoms with E-state index in [4.69, 9.17) is 16.7 Å². The van der Waals surface area contributed by atoms with Crippen LogP contribution in [0.2, 0.25) is 5.02 Å². The highest BCUT2D eigenvalue weighted by Crippen LogP contribution is 2.39. The molecule has 5 aromatic rings. The SMILES string of the molecule is CN1Cc2cc(-c3cnn(C(CC4CC4)c4ccc(-c5cc(Cl)ccc5-n5cnnn5)c[n+]4[O-])c3)ccc2C1=O. The van der Waals surface area contributed by atoms with E-state index in [2.05, 4.69) is 21.6 Å². The van der Waals surface area contributed by atoms with E-state index < -0.39 is 0 Å². The first-order chi connectivity index (χ1) is 19.4. The summed E-state index contributed by atoms with van der Waals surface area (Å²) in [5, 5.41) is 30.2. The summed E-state index contributed by atoms with van der Waals surface area (Å²) in [6.07, 6.45) is 10.1. The molecule has 0 bridgehead atoms. The summed E-state index contributed by atoms with van der Waals surface area (Å²) < 4.78 is 4.38. The van der Waals surface area contributed by atoms with E-state index in [1.807, 2.05) is 54.5 Å². The number of aromatic nitrogens is 7. The lowest BCUT2D eigenvalue weighted by Gasteiger charge is -2.18. The highest BCUT2D eigenvalue weighted by atomic mass is 35.5. The van der Waals surface area contributed by atoms with Crippen molar-refractivity contribution in [2.75, 3.05) is 7.05 Å². The highest BCUT2D eigenvalue weighted by Gasteiger charge is 2.32. The second-order valence-electron chi connectivity index (χ2n) is 10.5. The number of nitrogens with zero attached hydrogens (tertiary/aromatic N) is 8. The number of halogens is 1. The summed E-state index contributed by atoms with van der Waals surface area (Å²) >= 11 is 6.32. The van der Waals surface area contributed by atoms with Crippen LogP contribution in [0.1, 0.15) is 46.9 Å². The van der Waals surface area contributed by atoms with E-state index in [0.717, 1.165) is 57.5 Å². The Bertz CT molecular complexity index is 1750. The third kappa shape index (κ3) is 4.40. The van der Waals surface area contributed by atoms with Crippen LogP contribution < -0.4 is 4.73 Å². The number of hydrogen-bond acceptors (Lipinski definition) is 6. The number of amides is 1. The number of carbonyl (C=O) groups excluding carboxylic acids is 1.